The van der Waals surface area contributed by atoms with Crippen LogP contribution in [-0.4, -0.2) is 36.6 Å². The topological polar surface area (TPSA) is 89.5 Å². The van der Waals surface area contributed by atoms with E-state index in [4.69, 9.17) is 4.74 Å². The summed E-state index contributed by atoms with van der Waals surface area (Å²) in [5, 5.41) is 2.41. The van der Waals surface area contributed by atoms with Crippen LogP contribution < -0.4 is 5.32 Å². The highest BCUT2D eigenvalue weighted by Crippen LogP contribution is 2.21. The highest BCUT2D eigenvalue weighted by Gasteiger charge is 2.28. The summed E-state index contributed by atoms with van der Waals surface area (Å²) in [6, 6.07) is 0. The van der Waals surface area contributed by atoms with Gasteiger partial charge in [-0.25, -0.2) is 0 Å². The Morgan fingerprint density at radius 1 is 1.10 bits per heavy atom. The van der Waals surface area contributed by atoms with Gasteiger partial charge in [0, 0.05) is 0 Å². The summed E-state index contributed by atoms with van der Waals surface area (Å²) in [6.45, 7) is 7.89. The molecule has 0 aliphatic carbocycles. The molecule has 0 atom stereocenters. The van der Waals surface area contributed by atoms with Crippen molar-refractivity contribution in [3.63, 3.8) is 0 Å². The van der Waals surface area contributed by atoms with Gasteiger partial charge in [-0.1, -0.05) is 6.92 Å². The van der Waals surface area contributed by atoms with Gasteiger partial charge in [-0.2, -0.15) is 0 Å². The molecule has 6 heteroatoms. The van der Waals surface area contributed by atoms with Gasteiger partial charge in [-0.05, 0) is 34.1 Å². The molecule has 0 spiro atoms. The molecule has 1 amide bonds. The predicted molar refractivity (Wildman–Crippen MR) is 72.9 cm³/mol. The van der Waals surface area contributed by atoms with Crippen LogP contribution >= 0.6 is 0 Å². The quantitative estimate of drug-likeness (QED) is 0.406. The number of ether oxygens (including phenoxy) is 1. The number of amides is 1. The Bertz CT molecular complexity index is 386. The summed E-state index contributed by atoms with van der Waals surface area (Å²) in [7, 11) is 0. The first-order chi connectivity index (χ1) is 9.13. The van der Waals surface area contributed by atoms with Crippen LogP contribution in [0.4, 0.5) is 0 Å². The lowest BCUT2D eigenvalue weighted by Gasteiger charge is -2.20. The van der Waals surface area contributed by atoms with Crippen LogP contribution in [0.1, 0.15) is 41.0 Å². The monoisotopic (exact) mass is 285 g/mol. The van der Waals surface area contributed by atoms with Gasteiger partial charge in [0.15, 0.2) is 5.92 Å². The summed E-state index contributed by atoms with van der Waals surface area (Å²) >= 11 is 0. The van der Waals surface area contributed by atoms with Gasteiger partial charge in [0.2, 0.25) is 5.91 Å². The normalized spacial score (nSPS) is 11.1. The van der Waals surface area contributed by atoms with Crippen molar-refractivity contribution < 1.29 is 23.9 Å². The lowest BCUT2D eigenvalue weighted by molar-refractivity contribution is -0.154. The molecule has 0 aromatic heterocycles. The van der Waals surface area contributed by atoms with Crippen molar-refractivity contribution in [3.05, 3.63) is 0 Å². The fourth-order valence-electron chi connectivity index (χ4n) is 1.42. The van der Waals surface area contributed by atoms with Gasteiger partial charge in [-0.3, -0.25) is 19.2 Å². The number of esters is 1. The van der Waals surface area contributed by atoms with Gasteiger partial charge in [0.25, 0.3) is 0 Å². The summed E-state index contributed by atoms with van der Waals surface area (Å²) in [4.78, 5) is 45.6. The molecule has 0 saturated heterocycles. The van der Waals surface area contributed by atoms with Crippen LogP contribution in [0.15, 0.2) is 0 Å². The van der Waals surface area contributed by atoms with Crippen molar-refractivity contribution in [3.8, 4) is 0 Å². The first-order valence-corrected chi connectivity index (χ1v) is 6.59. The molecule has 114 valence electrons. The molecule has 20 heavy (non-hydrogen) atoms. The lowest BCUT2D eigenvalue weighted by atomic mass is 9.91. The maximum absolute atomic E-state index is 11.6. The van der Waals surface area contributed by atoms with E-state index in [0.29, 0.717) is 6.42 Å². The van der Waals surface area contributed by atoms with Gasteiger partial charge in [0.1, 0.15) is 18.2 Å². The summed E-state index contributed by atoms with van der Waals surface area (Å²) < 4.78 is 5.03. The maximum atomic E-state index is 11.6. The molecule has 0 radical (unpaired) electrons. The highest BCUT2D eigenvalue weighted by molar-refractivity contribution is 6.17. The van der Waals surface area contributed by atoms with Crippen molar-refractivity contribution in [2.75, 3.05) is 13.2 Å². The fourth-order valence-corrected chi connectivity index (χ4v) is 1.42. The van der Waals surface area contributed by atoms with E-state index in [1.165, 1.54) is 13.8 Å². The van der Waals surface area contributed by atoms with Crippen molar-refractivity contribution in [2.24, 2.45) is 11.3 Å². The van der Waals surface area contributed by atoms with E-state index in [9.17, 15) is 19.2 Å². The molecular weight excluding hydrogens is 262 g/mol. The van der Waals surface area contributed by atoms with Crippen LogP contribution in [0.3, 0.4) is 0 Å². The Morgan fingerprint density at radius 3 is 2.00 bits per heavy atom. The SMILES string of the molecule is CCC(C)(C)C(=O)OCCNC(=O)C(C(C)=O)C(C)=O. The third-order valence-electron chi connectivity index (χ3n) is 3.15. The number of rotatable bonds is 8. The second kappa shape index (κ2) is 7.77. The molecule has 0 aliphatic rings. The average molecular weight is 285 g/mol. The number of hydrogen-bond acceptors (Lipinski definition) is 5. The number of hydrogen-bond donors (Lipinski definition) is 1. The zero-order chi connectivity index (χ0) is 15.9. The minimum atomic E-state index is -1.28. The largest absolute Gasteiger partial charge is 0.463 e. The Hall–Kier alpha value is -1.72. The molecule has 0 fully saturated rings. The third kappa shape index (κ3) is 5.50. The van der Waals surface area contributed by atoms with Crippen LogP contribution in [0.25, 0.3) is 0 Å². The van der Waals surface area contributed by atoms with Crippen molar-refractivity contribution in [2.45, 2.75) is 41.0 Å². The number of Topliss-reactive ketones (excluding diaryl/α,β-unsaturated/α-hetero) is 2. The molecule has 0 saturated carbocycles. The lowest BCUT2D eigenvalue weighted by Crippen LogP contribution is -2.40. The van der Waals surface area contributed by atoms with Crippen LogP contribution in [0, 0.1) is 11.3 Å². The zero-order valence-corrected chi connectivity index (χ0v) is 12.7. The molecule has 0 bridgehead atoms. The number of ketones is 2. The van der Waals surface area contributed by atoms with Crippen LogP contribution in [0.2, 0.25) is 0 Å². The van der Waals surface area contributed by atoms with E-state index in [1.807, 2.05) is 6.92 Å². The molecule has 0 unspecified atom stereocenters. The summed E-state index contributed by atoms with van der Waals surface area (Å²) in [5.74, 6) is -3.28. The molecule has 0 rings (SSSR count). The van der Waals surface area contributed by atoms with Crippen molar-refractivity contribution in [1.29, 1.82) is 0 Å². The fraction of sp³-hybridized carbons (Fsp3) is 0.714. The zero-order valence-electron chi connectivity index (χ0n) is 12.7. The van der Waals surface area contributed by atoms with E-state index in [-0.39, 0.29) is 19.1 Å². The van der Waals surface area contributed by atoms with E-state index in [0.717, 1.165) is 0 Å². The molecular formula is C14H23NO5. The van der Waals surface area contributed by atoms with E-state index in [2.05, 4.69) is 5.32 Å². The first-order valence-electron chi connectivity index (χ1n) is 6.59. The Kier molecular flexibility index (Phi) is 7.10. The van der Waals surface area contributed by atoms with Gasteiger partial charge >= 0.3 is 5.97 Å². The second-order valence-corrected chi connectivity index (χ2v) is 5.32. The number of carbonyl (C=O) groups is 4. The molecule has 0 aromatic rings. The van der Waals surface area contributed by atoms with Crippen molar-refractivity contribution >= 4 is 23.4 Å². The Morgan fingerprint density at radius 2 is 1.60 bits per heavy atom. The summed E-state index contributed by atoms with van der Waals surface area (Å²) in [6.07, 6.45) is 0.648. The van der Waals surface area contributed by atoms with E-state index in [1.54, 1.807) is 13.8 Å². The number of carbonyl (C=O) groups excluding carboxylic acids is 4. The first kappa shape index (κ1) is 18.3. The average Bonchev–Trinajstić information content (AvgIpc) is 2.33. The second-order valence-electron chi connectivity index (χ2n) is 5.32. The smallest absolute Gasteiger partial charge is 0.311 e. The van der Waals surface area contributed by atoms with Gasteiger partial charge in [0.05, 0.1) is 12.0 Å². The van der Waals surface area contributed by atoms with Crippen LogP contribution in [-0.2, 0) is 23.9 Å². The summed E-state index contributed by atoms with van der Waals surface area (Å²) in [5.41, 5.74) is -0.564. The molecule has 0 aromatic carbocycles. The standard InChI is InChI=1S/C14H23NO5/c1-6-14(4,5)13(19)20-8-7-15-12(18)11(9(2)16)10(3)17/h11H,6-8H2,1-5H3,(H,15,18). The van der Waals surface area contributed by atoms with E-state index < -0.39 is 28.8 Å². The molecule has 0 heterocycles. The van der Waals surface area contributed by atoms with E-state index >= 15 is 0 Å². The van der Waals surface area contributed by atoms with Crippen LogP contribution in [0.5, 0.6) is 0 Å². The third-order valence-corrected chi connectivity index (χ3v) is 3.15. The predicted octanol–water partition coefficient (Wildman–Crippen LogP) is 0.876. The minimum Gasteiger partial charge on any atom is -0.463 e. The molecule has 6 nitrogen and oxygen atoms in total. The number of nitrogens with one attached hydrogen (secondary N) is 1. The van der Waals surface area contributed by atoms with Crippen molar-refractivity contribution in [1.82, 2.24) is 5.32 Å². The van der Waals surface area contributed by atoms with Gasteiger partial charge < -0.3 is 10.1 Å². The maximum Gasteiger partial charge on any atom is 0.311 e. The molecule has 1 N–H and O–H groups in total. The van der Waals surface area contributed by atoms with Gasteiger partial charge in [-0.15, -0.1) is 0 Å². The highest BCUT2D eigenvalue weighted by atomic mass is 16.5. The minimum absolute atomic E-state index is 0.0104. The molecule has 0 aliphatic heterocycles. The Labute approximate surface area is 119 Å². The Balaban J connectivity index is 4.20.